The molecular weight excluding hydrogens is 686 g/mol. The second-order valence-electron chi connectivity index (χ2n) is 6.47. The van der Waals surface area contributed by atoms with Crippen LogP contribution in [0.25, 0.3) is 0 Å². The van der Waals surface area contributed by atoms with Gasteiger partial charge in [0.15, 0.2) is 5.60 Å². The van der Waals surface area contributed by atoms with Crippen molar-refractivity contribution in [2.75, 3.05) is 0 Å². The van der Waals surface area contributed by atoms with Gasteiger partial charge in [0.25, 0.3) is 0 Å². The van der Waals surface area contributed by atoms with Crippen molar-refractivity contribution in [3.05, 3.63) is 76.5 Å². The summed E-state index contributed by atoms with van der Waals surface area (Å²) in [6.07, 6.45) is 0. The Labute approximate surface area is 255 Å². The molecule has 0 N–H and O–H groups in total. The Hall–Kier alpha value is 0.450. The van der Waals surface area contributed by atoms with Gasteiger partial charge in [0, 0.05) is 25.6 Å². The van der Waals surface area contributed by atoms with E-state index in [1.165, 1.54) is 0 Å². The third kappa shape index (κ3) is 3.63. The van der Waals surface area contributed by atoms with Gasteiger partial charge in [0.05, 0.1) is 14.5 Å². The molecule has 2 aliphatic rings. The van der Waals surface area contributed by atoms with Gasteiger partial charge in [-0.05, 0) is 50.1 Å². The molecule has 0 bridgehead atoms. The normalized spacial score (nSPS) is 14.4. The molecule has 5 nitrogen and oxygen atoms in total. The molecule has 3 aromatic carbocycles. The van der Waals surface area contributed by atoms with Crippen LogP contribution in [0.1, 0.15) is 27.0 Å². The zero-order valence-corrected chi connectivity index (χ0v) is 26.4. The van der Waals surface area contributed by atoms with Gasteiger partial charge < -0.3 is 19.7 Å². The molecule has 146 valence electrons. The molecule has 2 aliphatic heterocycles. The van der Waals surface area contributed by atoms with Crippen LogP contribution >= 0.6 is 63.7 Å². The Balaban J connectivity index is 0.00000136. The van der Waals surface area contributed by atoms with Crippen LogP contribution in [0.15, 0.2) is 54.3 Å². The molecule has 1 spiro atoms. The van der Waals surface area contributed by atoms with E-state index in [2.05, 4.69) is 63.7 Å². The van der Waals surface area contributed by atoms with E-state index in [4.69, 9.17) is 9.47 Å². The summed E-state index contributed by atoms with van der Waals surface area (Å²) in [5, 5.41) is 25.0. The first kappa shape index (κ1) is 26.1. The fourth-order valence-corrected chi connectivity index (χ4v) is 6.16. The van der Waals surface area contributed by atoms with Crippen LogP contribution in [0.5, 0.6) is 23.0 Å². The maximum atomic E-state index is 12.8. The molecule has 0 radical (unpaired) electrons. The Morgan fingerprint density at radius 3 is 1.77 bits per heavy atom. The van der Waals surface area contributed by atoms with Crippen LogP contribution < -0.4 is 74.1 Å². The number of hydrogen-bond acceptors (Lipinski definition) is 5. The Bertz CT molecular complexity index is 1200. The van der Waals surface area contributed by atoms with E-state index < -0.39 is 11.6 Å². The fourth-order valence-electron chi connectivity index (χ4n) is 3.75. The van der Waals surface area contributed by atoms with Gasteiger partial charge in [-0.1, -0.05) is 61.6 Å². The summed E-state index contributed by atoms with van der Waals surface area (Å²) in [7, 11) is 0. The predicted molar refractivity (Wildman–Crippen MR) is 114 cm³/mol. The summed E-state index contributed by atoms with van der Waals surface area (Å²) in [6, 6.07) is 10.2. The summed E-state index contributed by atoms with van der Waals surface area (Å²) >= 11 is 13.2. The third-order valence-electron chi connectivity index (χ3n) is 5.00. The van der Waals surface area contributed by atoms with Gasteiger partial charge in [0.2, 0.25) is 0 Å². The molecule has 0 fully saturated rings. The van der Waals surface area contributed by atoms with E-state index in [1.807, 2.05) is 0 Å². The van der Waals surface area contributed by atoms with Crippen LogP contribution in [0.3, 0.4) is 0 Å². The molecule has 3 aromatic rings. The summed E-state index contributed by atoms with van der Waals surface area (Å²) in [6.45, 7) is 0. The largest absolute Gasteiger partial charge is 1.00 e. The molecule has 0 saturated heterocycles. The number of rotatable bonds is 0. The molecular formula is C20H6Br4Na2O5. The van der Waals surface area contributed by atoms with E-state index in [9.17, 15) is 15.0 Å². The number of benzene rings is 3. The van der Waals surface area contributed by atoms with Gasteiger partial charge in [-0.2, -0.15) is 0 Å². The average molecular weight is 692 g/mol. The van der Waals surface area contributed by atoms with Crippen molar-refractivity contribution < 1.29 is 83.6 Å². The number of halogens is 4. The standard InChI is InChI=1S/C20H8Br4O5.2Na/c21-11-5-9-17(13(23)15(11)25)28-18-10(6-12(22)16(26)14(18)24)20(9)8-4-2-1-3-7(8)19(27)29-20;;/h1-6,25-26H;;/q;2*+1/p-2. The summed E-state index contributed by atoms with van der Waals surface area (Å²) in [4.78, 5) is 12.8. The average Bonchev–Trinajstić information content (AvgIpc) is 3.00. The molecule has 0 saturated carbocycles. The topological polar surface area (TPSA) is 81.7 Å². The molecule has 0 aliphatic carbocycles. The van der Waals surface area contributed by atoms with Crippen molar-refractivity contribution in [2.24, 2.45) is 0 Å². The number of esters is 1. The Morgan fingerprint density at radius 1 is 0.774 bits per heavy atom. The predicted octanol–water partition coefficient (Wildman–Crippen LogP) is -0.540. The van der Waals surface area contributed by atoms with Crippen LogP contribution in [0, 0.1) is 0 Å². The summed E-state index contributed by atoms with van der Waals surface area (Å²) in [5.74, 6) is -0.766. The van der Waals surface area contributed by atoms with Crippen molar-refractivity contribution in [1.82, 2.24) is 0 Å². The second-order valence-corrected chi connectivity index (χ2v) is 9.77. The van der Waals surface area contributed by atoms with E-state index >= 15 is 0 Å². The van der Waals surface area contributed by atoms with Crippen LogP contribution in [0.4, 0.5) is 0 Å². The van der Waals surface area contributed by atoms with Gasteiger partial charge >= 0.3 is 65.1 Å². The van der Waals surface area contributed by atoms with E-state index in [0.29, 0.717) is 22.3 Å². The van der Waals surface area contributed by atoms with Crippen LogP contribution in [-0.4, -0.2) is 5.97 Å². The molecule has 11 heteroatoms. The first-order valence-corrected chi connectivity index (χ1v) is 11.3. The first-order valence-electron chi connectivity index (χ1n) is 8.17. The van der Waals surface area contributed by atoms with E-state index in [1.54, 1.807) is 36.4 Å². The quantitative estimate of drug-likeness (QED) is 0.234. The SMILES string of the molecule is O=C1OC2(c3ccccc31)c1cc(Br)c([O-])c(Br)c1Oc1c2cc(Br)c([O-])c1Br.[Na+].[Na+]. The van der Waals surface area contributed by atoms with Crippen molar-refractivity contribution >= 4 is 69.7 Å². The van der Waals surface area contributed by atoms with Crippen LogP contribution in [-0.2, 0) is 10.3 Å². The van der Waals surface area contributed by atoms with Crippen molar-refractivity contribution in [1.29, 1.82) is 0 Å². The maximum Gasteiger partial charge on any atom is 1.00 e. The minimum absolute atomic E-state index is 0. The number of fused-ring (bicyclic) bond motifs is 6. The van der Waals surface area contributed by atoms with E-state index in [0.717, 1.165) is 0 Å². The number of hydrogen-bond donors (Lipinski definition) is 0. The Kier molecular flexibility index (Phi) is 7.77. The summed E-state index contributed by atoms with van der Waals surface area (Å²) in [5.41, 5.74) is 0.570. The van der Waals surface area contributed by atoms with Gasteiger partial charge in [-0.3, -0.25) is 0 Å². The number of carbonyl (C=O) groups is 1. The first-order chi connectivity index (χ1) is 13.8. The molecule has 2 heterocycles. The van der Waals surface area contributed by atoms with Gasteiger partial charge in [-0.15, -0.1) is 0 Å². The monoisotopic (exact) mass is 688 g/mol. The third-order valence-corrected chi connectivity index (χ3v) is 7.62. The minimum Gasteiger partial charge on any atom is -0.871 e. The van der Waals surface area contributed by atoms with E-state index in [-0.39, 0.29) is 100 Å². The van der Waals surface area contributed by atoms with Gasteiger partial charge in [-0.25, -0.2) is 4.79 Å². The molecule has 5 rings (SSSR count). The zero-order chi connectivity index (χ0) is 20.7. The maximum absolute atomic E-state index is 12.8. The second kappa shape index (κ2) is 9.24. The number of carbonyl (C=O) groups excluding carboxylic acids is 1. The van der Waals surface area contributed by atoms with Crippen molar-refractivity contribution in [2.45, 2.75) is 5.60 Å². The Morgan fingerprint density at radius 2 is 1.26 bits per heavy atom. The van der Waals surface area contributed by atoms with Crippen LogP contribution in [0.2, 0.25) is 0 Å². The van der Waals surface area contributed by atoms with Crippen molar-refractivity contribution in [3.63, 3.8) is 0 Å². The zero-order valence-electron chi connectivity index (χ0n) is 16.0. The fraction of sp³-hybridized carbons (Fsp3) is 0.0500. The molecule has 0 unspecified atom stereocenters. The molecule has 0 aromatic heterocycles. The van der Waals surface area contributed by atoms with Crippen molar-refractivity contribution in [3.8, 4) is 23.0 Å². The van der Waals surface area contributed by atoms with Gasteiger partial charge in [0.1, 0.15) is 11.5 Å². The molecule has 0 amide bonds. The number of ether oxygens (including phenoxy) is 2. The smallest absolute Gasteiger partial charge is 0.871 e. The molecule has 0 atom stereocenters. The minimum atomic E-state index is -1.38. The summed E-state index contributed by atoms with van der Waals surface area (Å²) < 4.78 is 12.9. The molecule has 31 heavy (non-hydrogen) atoms.